The van der Waals surface area contributed by atoms with Crippen LogP contribution in [0.25, 0.3) is 0 Å². The standard InChI is InChI=1S/C15H22N2O4S/c1-3-11-6-4-5-7-13(11)21-10-16-15(20)17-12(14(18)19)8-9-22-2/h4-7,12H,3,8-10H2,1-2H3,(H,18,19)(H2,16,17,20). The zero-order valence-electron chi connectivity index (χ0n) is 12.8. The first-order chi connectivity index (χ1) is 10.6. The number of carboxylic acid groups (broad SMARTS) is 1. The summed E-state index contributed by atoms with van der Waals surface area (Å²) in [7, 11) is 0. The van der Waals surface area contributed by atoms with Crippen molar-refractivity contribution in [3.8, 4) is 5.75 Å². The number of aryl methyl sites for hydroxylation is 1. The van der Waals surface area contributed by atoms with Crippen LogP contribution in [-0.2, 0) is 11.2 Å². The van der Waals surface area contributed by atoms with Crippen molar-refractivity contribution in [2.45, 2.75) is 25.8 Å². The number of para-hydroxylation sites is 1. The van der Waals surface area contributed by atoms with Crippen LogP contribution < -0.4 is 15.4 Å². The lowest BCUT2D eigenvalue weighted by Gasteiger charge is -2.15. The van der Waals surface area contributed by atoms with Crippen molar-refractivity contribution in [1.82, 2.24) is 10.6 Å². The average molecular weight is 326 g/mol. The van der Waals surface area contributed by atoms with Crippen LogP contribution in [0.4, 0.5) is 4.79 Å². The van der Waals surface area contributed by atoms with Crippen molar-refractivity contribution in [2.75, 3.05) is 18.7 Å². The van der Waals surface area contributed by atoms with Gasteiger partial charge in [-0.2, -0.15) is 11.8 Å². The minimum absolute atomic E-state index is 0.0162. The van der Waals surface area contributed by atoms with Gasteiger partial charge in [0.05, 0.1) is 0 Å². The summed E-state index contributed by atoms with van der Waals surface area (Å²) in [6, 6.07) is 6.12. The van der Waals surface area contributed by atoms with Crippen molar-refractivity contribution in [2.24, 2.45) is 0 Å². The highest BCUT2D eigenvalue weighted by Crippen LogP contribution is 2.17. The topological polar surface area (TPSA) is 87.7 Å². The van der Waals surface area contributed by atoms with E-state index in [1.165, 1.54) is 11.8 Å². The van der Waals surface area contributed by atoms with Gasteiger partial charge in [0.2, 0.25) is 0 Å². The fraction of sp³-hybridized carbons (Fsp3) is 0.467. The summed E-state index contributed by atoms with van der Waals surface area (Å²) in [5.74, 6) is 0.335. The molecule has 0 aromatic heterocycles. The van der Waals surface area contributed by atoms with Gasteiger partial charge in [0.1, 0.15) is 11.8 Å². The molecular weight excluding hydrogens is 304 g/mol. The minimum Gasteiger partial charge on any atom is -0.480 e. The maximum absolute atomic E-state index is 11.7. The van der Waals surface area contributed by atoms with E-state index in [2.05, 4.69) is 10.6 Å². The number of carbonyl (C=O) groups is 2. The third kappa shape index (κ3) is 6.26. The summed E-state index contributed by atoms with van der Waals surface area (Å²) in [4.78, 5) is 22.7. The molecule has 1 atom stereocenters. The van der Waals surface area contributed by atoms with Crippen molar-refractivity contribution >= 4 is 23.8 Å². The quantitative estimate of drug-likeness (QED) is 0.605. The number of ether oxygens (including phenoxy) is 1. The average Bonchev–Trinajstić information content (AvgIpc) is 2.51. The van der Waals surface area contributed by atoms with Gasteiger partial charge >= 0.3 is 12.0 Å². The second-order valence-electron chi connectivity index (χ2n) is 4.57. The van der Waals surface area contributed by atoms with E-state index < -0.39 is 18.0 Å². The number of amides is 2. The third-order valence-corrected chi connectivity index (χ3v) is 3.67. The Morgan fingerprint density at radius 3 is 2.73 bits per heavy atom. The monoisotopic (exact) mass is 326 g/mol. The highest BCUT2D eigenvalue weighted by Gasteiger charge is 2.19. The maximum atomic E-state index is 11.7. The van der Waals surface area contributed by atoms with Crippen molar-refractivity contribution in [3.05, 3.63) is 29.8 Å². The van der Waals surface area contributed by atoms with Crippen LogP contribution in [0.3, 0.4) is 0 Å². The molecule has 0 bridgehead atoms. The molecule has 0 radical (unpaired) electrons. The zero-order chi connectivity index (χ0) is 16.4. The summed E-state index contributed by atoms with van der Waals surface area (Å²) in [6.45, 7) is 2.00. The predicted octanol–water partition coefficient (Wildman–Crippen LogP) is 2.09. The number of carboxylic acids is 1. The number of aliphatic carboxylic acids is 1. The fourth-order valence-corrected chi connectivity index (χ4v) is 2.29. The Hall–Kier alpha value is -1.89. The molecule has 1 aromatic rings. The lowest BCUT2D eigenvalue weighted by atomic mass is 10.1. The molecule has 0 spiro atoms. The molecule has 3 N–H and O–H groups in total. The molecule has 1 aromatic carbocycles. The second-order valence-corrected chi connectivity index (χ2v) is 5.56. The van der Waals surface area contributed by atoms with Gasteiger partial charge in [0.15, 0.2) is 6.73 Å². The highest BCUT2D eigenvalue weighted by molar-refractivity contribution is 7.98. The van der Waals surface area contributed by atoms with Gasteiger partial charge in [-0.3, -0.25) is 0 Å². The van der Waals surface area contributed by atoms with Gasteiger partial charge in [-0.1, -0.05) is 25.1 Å². The molecule has 0 heterocycles. The Kier molecular flexibility index (Phi) is 8.21. The predicted molar refractivity (Wildman–Crippen MR) is 87.4 cm³/mol. The number of hydrogen-bond acceptors (Lipinski definition) is 4. The summed E-state index contributed by atoms with van der Waals surface area (Å²) in [5, 5.41) is 14.0. The lowest BCUT2D eigenvalue weighted by Crippen LogP contribution is -2.47. The molecule has 0 fully saturated rings. The molecule has 0 saturated heterocycles. The Balaban J connectivity index is 2.40. The fourth-order valence-electron chi connectivity index (χ4n) is 1.82. The molecule has 0 aliphatic carbocycles. The van der Waals surface area contributed by atoms with Crippen molar-refractivity contribution in [1.29, 1.82) is 0 Å². The number of nitrogens with one attached hydrogen (secondary N) is 2. The number of rotatable bonds is 9. The van der Waals surface area contributed by atoms with E-state index in [0.717, 1.165) is 12.0 Å². The largest absolute Gasteiger partial charge is 0.480 e. The third-order valence-electron chi connectivity index (χ3n) is 3.03. The van der Waals surface area contributed by atoms with E-state index in [4.69, 9.17) is 9.84 Å². The normalized spacial score (nSPS) is 11.5. The summed E-state index contributed by atoms with van der Waals surface area (Å²) >= 11 is 1.53. The Morgan fingerprint density at radius 2 is 2.09 bits per heavy atom. The van der Waals surface area contributed by atoms with E-state index in [1.807, 2.05) is 37.4 Å². The Labute approximate surface area is 134 Å². The summed E-state index contributed by atoms with van der Waals surface area (Å²) in [6.07, 6.45) is 3.10. The van der Waals surface area contributed by atoms with E-state index in [-0.39, 0.29) is 6.73 Å². The van der Waals surface area contributed by atoms with Crippen LogP contribution >= 0.6 is 11.8 Å². The van der Waals surface area contributed by atoms with Gasteiger partial charge in [0.25, 0.3) is 0 Å². The number of hydrogen-bond donors (Lipinski definition) is 3. The highest BCUT2D eigenvalue weighted by atomic mass is 32.2. The molecule has 6 nitrogen and oxygen atoms in total. The molecule has 0 aliphatic heterocycles. The summed E-state index contributed by atoms with van der Waals surface area (Å²) < 4.78 is 5.50. The summed E-state index contributed by atoms with van der Waals surface area (Å²) in [5.41, 5.74) is 1.05. The molecular formula is C15H22N2O4S. The molecule has 2 amide bonds. The number of benzene rings is 1. The molecule has 0 aliphatic rings. The van der Waals surface area contributed by atoms with Gasteiger partial charge in [0, 0.05) is 0 Å². The number of thioether (sulfide) groups is 1. The van der Waals surface area contributed by atoms with Gasteiger partial charge in [-0.15, -0.1) is 0 Å². The molecule has 7 heteroatoms. The first-order valence-electron chi connectivity index (χ1n) is 7.05. The Morgan fingerprint density at radius 1 is 1.36 bits per heavy atom. The SMILES string of the molecule is CCc1ccccc1OCNC(=O)NC(CCSC)C(=O)O. The molecule has 0 saturated carbocycles. The van der Waals surface area contributed by atoms with Crippen LogP contribution in [0, 0.1) is 0 Å². The molecule has 1 unspecified atom stereocenters. The number of carbonyl (C=O) groups excluding carboxylic acids is 1. The van der Waals surface area contributed by atoms with Crippen LogP contribution in [0.1, 0.15) is 18.9 Å². The van der Waals surface area contributed by atoms with Crippen LogP contribution in [0.5, 0.6) is 5.75 Å². The van der Waals surface area contributed by atoms with Crippen molar-refractivity contribution < 1.29 is 19.4 Å². The molecule has 1 rings (SSSR count). The first-order valence-corrected chi connectivity index (χ1v) is 8.44. The van der Waals surface area contributed by atoms with Gasteiger partial charge in [-0.25, -0.2) is 9.59 Å². The Bertz CT molecular complexity index is 496. The van der Waals surface area contributed by atoms with Crippen LogP contribution in [0.2, 0.25) is 0 Å². The van der Waals surface area contributed by atoms with Crippen LogP contribution in [-0.4, -0.2) is 41.9 Å². The second kappa shape index (κ2) is 9.94. The van der Waals surface area contributed by atoms with E-state index in [0.29, 0.717) is 17.9 Å². The molecule has 122 valence electrons. The molecule has 22 heavy (non-hydrogen) atoms. The van der Waals surface area contributed by atoms with Gasteiger partial charge in [-0.05, 0) is 36.5 Å². The minimum atomic E-state index is -1.04. The van der Waals surface area contributed by atoms with E-state index >= 15 is 0 Å². The lowest BCUT2D eigenvalue weighted by molar-refractivity contribution is -0.139. The first kappa shape index (κ1) is 18.2. The van der Waals surface area contributed by atoms with E-state index in [1.54, 1.807) is 0 Å². The van der Waals surface area contributed by atoms with E-state index in [9.17, 15) is 9.59 Å². The number of urea groups is 1. The van der Waals surface area contributed by atoms with Crippen LogP contribution in [0.15, 0.2) is 24.3 Å². The smallest absolute Gasteiger partial charge is 0.326 e. The van der Waals surface area contributed by atoms with Gasteiger partial charge < -0.3 is 20.5 Å². The van der Waals surface area contributed by atoms with Crippen molar-refractivity contribution in [3.63, 3.8) is 0 Å². The zero-order valence-corrected chi connectivity index (χ0v) is 13.6. The maximum Gasteiger partial charge on any atom is 0.326 e.